The Balaban J connectivity index is 2.74. The summed E-state index contributed by atoms with van der Waals surface area (Å²) in [6.45, 7) is 5.87. The topological polar surface area (TPSA) is 42.0 Å². The molecule has 0 aliphatic rings. The SMILES string of the molecule is CCC(C)C(C)NC(=O)c1ccc(C(F)(F)F)nc1. The Labute approximate surface area is 110 Å². The van der Waals surface area contributed by atoms with E-state index >= 15 is 0 Å². The summed E-state index contributed by atoms with van der Waals surface area (Å²) in [5.74, 6) is -0.111. The lowest BCUT2D eigenvalue weighted by molar-refractivity contribution is -0.141. The summed E-state index contributed by atoms with van der Waals surface area (Å²) >= 11 is 0. The van der Waals surface area contributed by atoms with E-state index in [9.17, 15) is 18.0 Å². The third-order valence-electron chi connectivity index (χ3n) is 3.17. The first-order chi connectivity index (χ1) is 8.75. The summed E-state index contributed by atoms with van der Waals surface area (Å²) in [6, 6.07) is 1.90. The van der Waals surface area contributed by atoms with E-state index < -0.39 is 17.8 Å². The van der Waals surface area contributed by atoms with Gasteiger partial charge in [0.25, 0.3) is 5.91 Å². The number of hydrogen-bond acceptors (Lipinski definition) is 2. The number of rotatable bonds is 4. The minimum absolute atomic E-state index is 0.0419. The number of nitrogens with zero attached hydrogens (tertiary/aromatic N) is 1. The Morgan fingerprint density at radius 2 is 2.00 bits per heavy atom. The molecule has 1 heterocycles. The van der Waals surface area contributed by atoms with E-state index in [1.807, 2.05) is 20.8 Å². The van der Waals surface area contributed by atoms with Crippen LogP contribution >= 0.6 is 0 Å². The first kappa shape index (κ1) is 15.5. The van der Waals surface area contributed by atoms with Crippen molar-refractivity contribution in [1.29, 1.82) is 0 Å². The molecule has 0 fully saturated rings. The molecule has 0 radical (unpaired) electrons. The van der Waals surface area contributed by atoms with Gasteiger partial charge in [-0.2, -0.15) is 13.2 Å². The summed E-state index contributed by atoms with van der Waals surface area (Å²) < 4.78 is 37.0. The lowest BCUT2D eigenvalue weighted by Crippen LogP contribution is -2.37. The first-order valence-electron chi connectivity index (χ1n) is 6.09. The van der Waals surface area contributed by atoms with Gasteiger partial charge in [-0.1, -0.05) is 20.3 Å². The zero-order valence-corrected chi connectivity index (χ0v) is 11.1. The van der Waals surface area contributed by atoms with Gasteiger partial charge in [0.2, 0.25) is 0 Å². The maximum absolute atomic E-state index is 12.3. The number of carbonyl (C=O) groups excluding carboxylic acids is 1. The second kappa shape index (κ2) is 6.04. The number of amides is 1. The van der Waals surface area contributed by atoms with Gasteiger partial charge in [-0.05, 0) is 25.0 Å². The average molecular weight is 274 g/mol. The summed E-state index contributed by atoms with van der Waals surface area (Å²) in [4.78, 5) is 15.1. The van der Waals surface area contributed by atoms with Crippen LogP contribution in [0, 0.1) is 5.92 Å². The van der Waals surface area contributed by atoms with E-state index in [2.05, 4.69) is 10.3 Å². The predicted octanol–water partition coefficient (Wildman–Crippen LogP) is 3.26. The molecule has 106 valence electrons. The van der Waals surface area contributed by atoms with Crippen molar-refractivity contribution in [2.75, 3.05) is 0 Å². The second-order valence-corrected chi connectivity index (χ2v) is 4.58. The molecule has 0 saturated carbocycles. The molecular formula is C13H17F3N2O. The number of aromatic nitrogens is 1. The van der Waals surface area contributed by atoms with Crippen LogP contribution in [0.2, 0.25) is 0 Å². The van der Waals surface area contributed by atoms with E-state index in [1.165, 1.54) is 0 Å². The van der Waals surface area contributed by atoms with Crippen LogP contribution in [-0.2, 0) is 6.18 Å². The highest BCUT2D eigenvalue weighted by Crippen LogP contribution is 2.27. The molecule has 0 bridgehead atoms. The van der Waals surface area contributed by atoms with Crippen LogP contribution in [0.15, 0.2) is 18.3 Å². The quantitative estimate of drug-likeness (QED) is 0.915. The van der Waals surface area contributed by atoms with Crippen LogP contribution in [0.4, 0.5) is 13.2 Å². The third-order valence-corrected chi connectivity index (χ3v) is 3.17. The largest absolute Gasteiger partial charge is 0.433 e. The van der Waals surface area contributed by atoms with Crippen molar-refractivity contribution in [3.63, 3.8) is 0 Å². The molecule has 1 aromatic rings. The van der Waals surface area contributed by atoms with Crippen LogP contribution in [-0.4, -0.2) is 16.9 Å². The summed E-state index contributed by atoms with van der Waals surface area (Å²) in [7, 11) is 0. The first-order valence-corrected chi connectivity index (χ1v) is 6.09. The number of halogens is 3. The van der Waals surface area contributed by atoms with Crippen LogP contribution < -0.4 is 5.32 Å². The lowest BCUT2D eigenvalue weighted by atomic mass is 10.0. The fourth-order valence-corrected chi connectivity index (χ4v) is 1.48. The van der Waals surface area contributed by atoms with Crippen molar-refractivity contribution in [3.8, 4) is 0 Å². The van der Waals surface area contributed by atoms with Crippen LogP contribution in [0.25, 0.3) is 0 Å². The Hall–Kier alpha value is -1.59. The minimum Gasteiger partial charge on any atom is -0.349 e. The predicted molar refractivity (Wildman–Crippen MR) is 65.6 cm³/mol. The van der Waals surface area contributed by atoms with Crippen LogP contribution in [0.1, 0.15) is 43.2 Å². The lowest BCUT2D eigenvalue weighted by Gasteiger charge is -2.19. The average Bonchev–Trinajstić information content (AvgIpc) is 2.36. The van der Waals surface area contributed by atoms with E-state index in [0.29, 0.717) is 5.92 Å². The normalized spacial score (nSPS) is 14.8. The summed E-state index contributed by atoms with van der Waals surface area (Å²) in [5.41, 5.74) is -0.873. The molecule has 1 amide bonds. The molecule has 1 aromatic heterocycles. The van der Waals surface area contributed by atoms with Crippen LogP contribution in [0.5, 0.6) is 0 Å². The molecular weight excluding hydrogens is 257 g/mol. The standard InChI is InChI=1S/C13H17F3N2O/c1-4-8(2)9(3)18-12(19)10-5-6-11(17-7-10)13(14,15)16/h5-9H,4H2,1-3H3,(H,18,19). The fraction of sp³-hybridized carbons (Fsp3) is 0.538. The van der Waals surface area contributed by atoms with Crippen molar-refractivity contribution in [1.82, 2.24) is 10.3 Å². The van der Waals surface area contributed by atoms with Crippen LogP contribution in [0.3, 0.4) is 0 Å². The third kappa shape index (κ3) is 4.22. The molecule has 1 N–H and O–H groups in total. The maximum Gasteiger partial charge on any atom is 0.433 e. The van der Waals surface area contributed by atoms with Gasteiger partial charge in [-0.3, -0.25) is 9.78 Å². The number of hydrogen-bond donors (Lipinski definition) is 1. The molecule has 2 atom stereocenters. The van der Waals surface area contributed by atoms with E-state index in [1.54, 1.807) is 0 Å². The smallest absolute Gasteiger partial charge is 0.349 e. The van der Waals surface area contributed by atoms with E-state index in [0.717, 1.165) is 24.8 Å². The highest BCUT2D eigenvalue weighted by Gasteiger charge is 2.32. The van der Waals surface area contributed by atoms with E-state index in [-0.39, 0.29) is 11.6 Å². The van der Waals surface area contributed by atoms with Gasteiger partial charge in [-0.25, -0.2) is 0 Å². The zero-order chi connectivity index (χ0) is 14.6. The number of nitrogens with one attached hydrogen (secondary N) is 1. The van der Waals surface area contributed by atoms with E-state index in [4.69, 9.17) is 0 Å². The highest BCUT2D eigenvalue weighted by molar-refractivity contribution is 5.94. The molecule has 0 aliphatic carbocycles. The van der Waals surface area contributed by atoms with Gasteiger partial charge in [0.05, 0.1) is 5.56 Å². The van der Waals surface area contributed by atoms with Gasteiger partial charge >= 0.3 is 6.18 Å². The Kier molecular flexibility index (Phi) is 4.91. The van der Waals surface area contributed by atoms with Gasteiger partial charge in [0, 0.05) is 12.2 Å². The molecule has 0 aromatic carbocycles. The van der Waals surface area contributed by atoms with Crippen molar-refractivity contribution in [2.45, 2.75) is 39.4 Å². The van der Waals surface area contributed by atoms with Crippen molar-refractivity contribution in [2.24, 2.45) is 5.92 Å². The number of pyridine rings is 1. The molecule has 3 nitrogen and oxygen atoms in total. The highest BCUT2D eigenvalue weighted by atomic mass is 19.4. The Bertz CT molecular complexity index is 429. The Morgan fingerprint density at radius 1 is 1.37 bits per heavy atom. The molecule has 19 heavy (non-hydrogen) atoms. The monoisotopic (exact) mass is 274 g/mol. The molecule has 2 unspecified atom stereocenters. The van der Waals surface area contributed by atoms with Gasteiger partial charge in [-0.15, -0.1) is 0 Å². The molecule has 0 saturated heterocycles. The van der Waals surface area contributed by atoms with Gasteiger partial charge in [0.1, 0.15) is 5.69 Å². The maximum atomic E-state index is 12.3. The fourth-order valence-electron chi connectivity index (χ4n) is 1.48. The minimum atomic E-state index is -4.49. The van der Waals surface area contributed by atoms with Gasteiger partial charge < -0.3 is 5.32 Å². The number of carbonyl (C=O) groups is 1. The summed E-state index contributed by atoms with van der Waals surface area (Å²) in [5, 5.41) is 2.74. The van der Waals surface area contributed by atoms with Crippen molar-refractivity contribution in [3.05, 3.63) is 29.6 Å². The van der Waals surface area contributed by atoms with Gasteiger partial charge in [0.15, 0.2) is 0 Å². The second-order valence-electron chi connectivity index (χ2n) is 4.58. The van der Waals surface area contributed by atoms with Crippen molar-refractivity contribution >= 4 is 5.91 Å². The molecule has 0 aliphatic heterocycles. The Morgan fingerprint density at radius 3 is 2.42 bits per heavy atom. The summed E-state index contributed by atoms with van der Waals surface area (Å²) in [6.07, 6.45) is -2.63. The molecule has 6 heteroatoms. The zero-order valence-electron chi connectivity index (χ0n) is 11.1. The van der Waals surface area contributed by atoms with Crippen molar-refractivity contribution < 1.29 is 18.0 Å². The molecule has 1 rings (SSSR count). The molecule has 0 spiro atoms. The number of alkyl halides is 3.